The number of methoxy groups -OCH3 is 1. The molecule has 0 aliphatic carbocycles. The number of sulfonamides is 1. The lowest BCUT2D eigenvalue weighted by Crippen LogP contribution is -2.29. The topological polar surface area (TPSA) is 89.5 Å². The fraction of sp³-hybridized carbons (Fsp3) is 0.154. The summed E-state index contributed by atoms with van der Waals surface area (Å²) >= 11 is 5.86. The van der Waals surface area contributed by atoms with Crippen LogP contribution in [0.1, 0.15) is 10.4 Å². The highest BCUT2D eigenvalue weighted by molar-refractivity contribution is 7.92. The molecule has 0 saturated carbocycles. The molecule has 0 amide bonds. The molecule has 116 valence electrons. The smallest absolute Gasteiger partial charge is 0.339 e. The number of rotatable bonds is 4. The van der Waals surface area contributed by atoms with E-state index < -0.39 is 16.0 Å². The van der Waals surface area contributed by atoms with Gasteiger partial charge in [-0.05, 0) is 18.2 Å². The summed E-state index contributed by atoms with van der Waals surface area (Å²) in [7, 11) is -1.58. The van der Waals surface area contributed by atoms with Gasteiger partial charge in [-0.3, -0.25) is 9.29 Å². The molecule has 0 radical (unpaired) electrons. The Hall–Kier alpha value is -2.19. The van der Waals surface area contributed by atoms with Gasteiger partial charge < -0.3 is 4.74 Å². The Morgan fingerprint density at radius 3 is 2.64 bits per heavy atom. The minimum atomic E-state index is -4.05. The summed E-state index contributed by atoms with van der Waals surface area (Å²) in [5.74, 6) is -0.666. The van der Waals surface area contributed by atoms with Crippen molar-refractivity contribution in [1.82, 2.24) is 9.97 Å². The monoisotopic (exact) mass is 341 g/mol. The lowest BCUT2D eigenvalue weighted by Gasteiger charge is -2.19. The summed E-state index contributed by atoms with van der Waals surface area (Å²) in [6.07, 6.45) is 4.07. The van der Waals surface area contributed by atoms with E-state index in [2.05, 4.69) is 14.7 Å². The van der Waals surface area contributed by atoms with E-state index in [-0.39, 0.29) is 21.3 Å². The fourth-order valence-electron chi connectivity index (χ4n) is 1.71. The van der Waals surface area contributed by atoms with E-state index in [1.165, 1.54) is 50.9 Å². The molecule has 22 heavy (non-hydrogen) atoms. The van der Waals surface area contributed by atoms with Crippen LogP contribution in [-0.2, 0) is 14.8 Å². The Bertz CT molecular complexity index is 796. The van der Waals surface area contributed by atoms with Crippen LogP contribution in [0.2, 0.25) is 5.02 Å². The van der Waals surface area contributed by atoms with Gasteiger partial charge in [0.05, 0.1) is 18.9 Å². The number of ether oxygens (including phenoxy) is 1. The average Bonchev–Trinajstić information content (AvgIpc) is 2.54. The minimum Gasteiger partial charge on any atom is -0.465 e. The molecule has 0 aliphatic heterocycles. The third kappa shape index (κ3) is 3.02. The van der Waals surface area contributed by atoms with Gasteiger partial charge in [0.1, 0.15) is 4.90 Å². The number of hydrogen-bond donors (Lipinski definition) is 0. The van der Waals surface area contributed by atoms with Gasteiger partial charge >= 0.3 is 5.97 Å². The largest absolute Gasteiger partial charge is 0.465 e. The van der Waals surface area contributed by atoms with Crippen molar-refractivity contribution in [2.45, 2.75) is 4.90 Å². The first-order valence-electron chi connectivity index (χ1n) is 6.00. The van der Waals surface area contributed by atoms with Gasteiger partial charge in [-0.1, -0.05) is 11.6 Å². The molecule has 0 unspecified atom stereocenters. The van der Waals surface area contributed by atoms with Crippen molar-refractivity contribution in [2.75, 3.05) is 18.5 Å². The van der Waals surface area contributed by atoms with E-state index in [0.29, 0.717) is 0 Å². The molecule has 0 atom stereocenters. The molecule has 0 aliphatic rings. The number of benzene rings is 1. The van der Waals surface area contributed by atoms with Crippen LogP contribution in [0.15, 0.2) is 41.7 Å². The summed E-state index contributed by atoms with van der Waals surface area (Å²) < 4.78 is 31.0. The molecule has 1 aromatic heterocycles. The second kappa shape index (κ2) is 6.29. The Labute approximate surface area is 132 Å². The van der Waals surface area contributed by atoms with Crippen LogP contribution in [0.25, 0.3) is 0 Å². The third-order valence-electron chi connectivity index (χ3n) is 2.86. The van der Waals surface area contributed by atoms with Crippen molar-refractivity contribution < 1.29 is 17.9 Å². The zero-order chi connectivity index (χ0) is 16.3. The van der Waals surface area contributed by atoms with Gasteiger partial charge in [-0.15, -0.1) is 0 Å². The van der Waals surface area contributed by atoms with Crippen molar-refractivity contribution >= 4 is 33.4 Å². The normalized spacial score (nSPS) is 11.0. The lowest BCUT2D eigenvalue weighted by atomic mass is 10.2. The quantitative estimate of drug-likeness (QED) is 0.787. The number of aromatic nitrogens is 2. The maximum Gasteiger partial charge on any atom is 0.339 e. The SMILES string of the molecule is COC(=O)c1ccc(Cl)cc1S(=O)(=O)N(C)c1cnccn1. The van der Waals surface area contributed by atoms with Gasteiger partial charge in [-0.2, -0.15) is 0 Å². The first kappa shape index (κ1) is 16.2. The van der Waals surface area contributed by atoms with Gasteiger partial charge in [0, 0.05) is 24.5 Å². The van der Waals surface area contributed by atoms with E-state index >= 15 is 0 Å². The first-order chi connectivity index (χ1) is 10.4. The number of hydrogen-bond acceptors (Lipinski definition) is 6. The highest BCUT2D eigenvalue weighted by Gasteiger charge is 2.28. The van der Waals surface area contributed by atoms with E-state index in [1.807, 2.05) is 0 Å². The van der Waals surface area contributed by atoms with Crippen LogP contribution in [0, 0.1) is 0 Å². The highest BCUT2D eigenvalue weighted by Crippen LogP contribution is 2.26. The third-order valence-corrected chi connectivity index (χ3v) is 4.90. The van der Waals surface area contributed by atoms with Crippen LogP contribution in [0.3, 0.4) is 0 Å². The second-order valence-corrected chi connectivity index (χ2v) is 6.54. The van der Waals surface area contributed by atoms with Gasteiger partial charge in [0.25, 0.3) is 10.0 Å². The number of halogens is 1. The van der Waals surface area contributed by atoms with Crippen molar-refractivity contribution in [2.24, 2.45) is 0 Å². The maximum atomic E-state index is 12.7. The van der Waals surface area contributed by atoms with Gasteiger partial charge in [0.2, 0.25) is 0 Å². The number of esters is 1. The van der Waals surface area contributed by atoms with Crippen LogP contribution in [0.5, 0.6) is 0 Å². The van der Waals surface area contributed by atoms with E-state index in [0.717, 1.165) is 4.31 Å². The standard InChI is InChI=1S/C13H12ClN3O4S/c1-17(12-8-15-5-6-16-12)22(19,20)11-7-9(14)3-4-10(11)13(18)21-2/h3-8H,1-2H3. The Morgan fingerprint density at radius 2 is 2.05 bits per heavy atom. The predicted octanol–water partition coefficient (Wildman–Crippen LogP) is 1.74. The number of anilines is 1. The summed E-state index contributed by atoms with van der Waals surface area (Å²) in [6, 6.07) is 3.90. The molecule has 0 fully saturated rings. The summed E-state index contributed by atoms with van der Waals surface area (Å²) in [4.78, 5) is 19.3. The summed E-state index contributed by atoms with van der Waals surface area (Å²) in [5, 5.41) is 0.179. The molecule has 0 N–H and O–H groups in total. The molecule has 0 bridgehead atoms. The second-order valence-electron chi connectivity index (χ2n) is 4.17. The minimum absolute atomic E-state index is 0.109. The van der Waals surface area contributed by atoms with Crippen LogP contribution in [0.4, 0.5) is 5.82 Å². The van der Waals surface area contributed by atoms with Gasteiger partial charge in [0.15, 0.2) is 5.82 Å². The Balaban J connectivity index is 2.59. The molecule has 2 aromatic rings. The molecule has 9 heteroatoms. The number of carbonyl (C=O) groups is 1. The molecule has 7 nitrogen and oxygen atoms in total. The first-order valence-corrected chi connectivity index (χ1v) is 7.82. The zero-order valence-corrected chi connectivity index (χ0v) is 13.3. The van der Waals surface area contributed by atoms with E-state index in [9.17, 15) is 13.2 Å². The molecule has 0 saturated heterocycles. The van der Waals surface area contributed by atoms with Crippen LogP contribution in [-0.4, -0.2) is 38.5 Å². The zero-order valence-electron chi connectivity index (χ0n) is 11.7. The van der Waals surface area contributed by atoms with Crippen molar-refractivity contribution in [3.8, 4) is 0 Å². The maximum absolute atomic E-state index is 12.7. The molecular weight excluding hydrogens is 330 g/mol. The van der Waals surface area contributed by atoms with Crippen LogP contribution >= 0.6 is 11.6 Å². The molecule has 0 spiro atoms. The van der Waals surface area contributed by atoms with E-state index in [4.69, 9.17) is 11.6 Å². The molecule has 1 heterocycles. The lowest BCUT2D eigenvalue weighted by molar-refractivity contribution is 0.0596. The Kier molecular flexibility index (Phi) is 4.62. The average molecular weight is 342 g/mol. The van der Waals surface area contributed by atoms with Crippen LogP contribution < -0.4 is 4.31 Å². The summed E-state index contributed by atoms with van der Waals surface area (Å²) in [5.41, 5.74) is -0.109. The number of carbonyl (C=O) groups excluding carboxylic acids is 1. The molecule has 2 rings (SSSR count). The Morgan fingerprint density at radius 1 is 1.32 bits per heavy atom. The predicted molar refractivity (Wildman–Crippen MR) is 80.4 cm³/mol. The van der Waals surface area contributed by atoms with E-state index in [1.54, 1.807) is 0 Å². The molecular formula is C13H12ClN3O4S. The van der Waals surface area contributed by atoms with Crippen molar-refractivity contribution in [3.05, 3.63) is 47.4 Å². The van der Waals surface area contributed by atoms with Crippen molar-refractivity contribution in [1.29, 1.82) is 0 Å². The fourth-order valence-corrected chi connectivity index (χ4v) is 3.29. The van der Waals surface area contributed by atoms with Crippen molar-refractivity contribution in [3.63, 3.8) is 0 Å². The highest BCUT2D eigenvalue weighted by atomic mass is 35.5. The summed E-state index contributed by atoms with van der Waals surface area (Å²) in [6.45, 7) is 0. The number of nitrogens with zero attached hydrogens (tertiary/aromatic N) is 3. The van der Waals surface area contributed by atoms with Gasteiger partial charge in [-0.25, -0.2) is 18.2 Å². The molecule has 1 aromatic carbocycles.